The number of ether oxygens (including phenoxy) is 1. The first-order valence-electron chi connectivity index (χ1n) is 6.55. The number of anilines is 1. The van der Waals surface area contributed by atoms with Crippen LogP contribution in [-0.2, 0) is 11.1 Å². The van der Waals surface area contributed by atoms with Crippen LogP contribution < -0.4 is 10.1 Å². The maximum Gasteiger partial charge on any atom is 0.471 e. The average molecular weight is 374 g/mol. The minimum Gasteiger partial charge on any atom is -0.456 e. The third kappa shape index (κ3) is 4.58. The summed E-state index contributed by atoms with van der Waals surface area (Å²) in [5.41, 5.74) is 0.106. The van der Waals surface area contributed by atoms with Gasteiger partial charge in [0, 0.05) is 10.7 Å². The largest absolute Gasteiger partial charge is 0.471 e. The number of halogens is 5. The van der Waals surface area contributed by atoms with Crippen LogP contribution in [-0.4, -0.2) is 19.9 Å². The quantitative estimate of drug-likeness (QED) is 0.769. The molecule has 0 atom stereocenters. The lowest BCUT2D eigenvalue weighted by Crippen LogP contribution is -2.30. The molecule has 0 saturated carbocycles. The highest BCUT2D eigenvalue weighted by atomic mass is 35.5. The number of carbonyl (C=O) groups excluding carboxylic acids is 1. The van der Waals surface area contributed by atoms with E-state index in [1.807, 2.05) is 0 Å². The molecule has 1 N–H and O–H groups in total. The highest BCUT2D eigenvalue weighted by Gasteiger charge is 2.39. The van der Waals surface area contributed by atoms with Crippen molar-refractivity contribution in [3.05, 3.63) is 52.0 Å². The molecule has 0 saturated heterocycles. The number of hydrogen-bond donors (Lipinski definition) is 1. The van der Waals surface area contributed by atoms with E-state index in [-0.39, 0.29) is 28.3 Å². The average Bonchev–Trinajstić information content (AvgIpc) is 2.51. The monoisotopic (exact) mass is 373 g/mol. The Morgan fingerprint density at radius 1 is 1.17 bits per heavy atom. The Morgan fingerprint density at radius 2 is 1.79 bits per heavy atom. The molecule has 0 spiro atoms. The molecule has 0 unspecified atom stereocenters. The summed E-state index contributed by atoms with van der Waals surface area (Å²) in [5, 5.41) is 2.27. The lowest BCUT2D eigenvalue weighted by Gasteiger charge is -2.15. The van der Waals surface area contributed by atoms with Crippen molar-refractivity contribution >= 4 is 42.6 Å². The van der Waals surface area contributed by atoms with Crippen molar-refractivity contribution in [3.63, 3.8) is 0 Å². The number of nitrogens with one attached hydrogen (secondary N) is 1. The second-order valence-corrected chi connectivity index (χ2v) is 5.50. The zero-order valence-corrected chi connectivity index (χ0v) is 13.5. The molecule has 2 rings (SSSR count). The summed E-state index contributed by atoms with van der Waals surface area (Å²) in [6.45, 7) is 0. The summed E-state index contributed by atoms with van der Waals surface area (Å²) >= 11 is 11.8. The fourth-order valence-corrected chi connectivity index (χ4v) is 2.11. The van der Waals surface area contributed by atoms with Gasteiger partial charge in [-0.1, -0.05) is 29.5 Å². The number of hydrogen-bond acceptors (Lipinski definition) is 2. The van der Waals surface area contributed by atoms with E-state index in [1.165, 1.54) is 6.07 Å². The number of carbonyl (C=O) groups is 1. The first-order chi connectivity index (χ1) is 11.2. The number of benzene rings is 2. The van der Waals surface area contributed by atoms with Crippen LogP contribution in [0.3, 0.4) is 0 Å². The Bertz CT molecular complexity index is 752. The maximum atomic E-state index is 12.4. The van der Waals surface area contributed by atoms with Crippen molar-refractivity contribution < 1.29 is 22.7 Å². The van der Waals surface area contributed by atoms with Crippen molar-refractivity contribution in [2.75, 3.05) is 5.32 Å². The van der Waals surface area contributed by atoms with Gasteiger partial charge in [-0.05, 0) is 42.0 Å². The van der Waals surface area contributed by atoms with Crippen molar-refractivity contribution in [2.24, 2.45) is 0 Å². The molecule has 24 heavy (non-hydrogen) atoms. The van der Waals surface area contributed by atoms with Gasteiger partial charge in [0.15, 0.2) is 0 Å². The van der Waals surface area contributed by atoms with Crippen LogP contribution in [0, 0.1) is 0 Å². The Hall–Kier alpha value is -1.86. The predicted molar refractivity (Wildman–Crippen MR) is 87.1 cm³/mol. The Morgan fingerprint density at radius 3 is 2.33 bits per heavy atom. The normalized spacial score (nSPS) is 11.2. The zero-order chi connectivity index (χ0) is 17.9. The van der Waals surface area contributed by atoms with E-state index in [1.54, 1.807) is 29.6 Å². The third-order valence-electron chi connectivity index (χ3n) is 2.92. The molecule has 2 aromatic rings. The summed E-state index contributed by atoms with van der Waals surface area (Å²) < 4.78 is 42.6. The summed E-state index contributed by atoms with van der Waals surface area (Å²) in [6.07, 6.45) is -5.14. The first-order valence-corrected chi connectivity index (χ1v) is 7.30. The van der Waals surface area contributed by atoms with Crippen LogP contribution in [0.2, 0.25) is 10.0 Å². The molecular weight excluding hydrogens is 365 g/mol. The van der Waals surface area contributed by atoms with Gasteiger partial charge < -0.3 is 10.1 Å². The summed E-state index contributed by atoms with van der Waals surface area (Å²) in [4.78, 5) is 11.1. The van der Waals surface area contributed by atoms with Crippen molar-refractivity contribution in [1.29, 1.82) is 0 Å². The van der Waals surface area contributed by atoms with E-state index >= 15 is 0 Å². The van der Waals surface area contributed by atoms with Gasteiger partial charge in [0.1, 0.15) is 11.5 Å². The van der Waals surface area contributed by atoms with Gasteiger partial charge in [0.05, 0.1) is 12.9 Å². The standard InChI is InChI=1S/C15H9BCl2F3NO2/c16-7-8-5-13(24-10-3-1-9(17)2-4-10)11(18)6-12(8)22-14(23)15(19,20)21/h1-6H,7H2,(H,22,23). The van der Waals surface area contributed by atoms with Crippen LogP contribution in [0.4, 0.5) is 18.9 Å². The van der Waals surface area contributed by atoms with Gasteiger partial charge in [0.2, 0.25) is 0 Å². The highest BCUT2D eigenvalue weighted by molar-refractivity contribution is 6.32. The first kappa shape index (κ1) is 18.5. The second kappa shape index (κ2) is 7.36. The SMILES string of the molecule is [B]Cc1cc(Oc2ccc(Cl)cc2)c(Cl)cc1NC(=O)C(F)(F)F. The molecule has 0 aliphatic rings. The molecule has 9 heteroatoms. The molecule has 0 aromatic heterocycles. The third-order valence-corrected chi connectivity index (χ3v) is 3.47. The Labute approximate surface area is 147 Å². The van der Waals surface area contributed by atoms with Crippen molar-refractivity contribution in [1.82, 2.24) is 0 Å². The second-order valence-electron chi connectivity index (χ2n) is 4.65. The number of alkyl halides is 3. The predicted octanol–water partition coefficient (Wildman–Crippen LogP) is 4.96. The minimum absolute atomic E-state index is 0.0135. The topological polar surface area (TPSA) is 38.3 Å². The fraction of sp³-hybridized carbons (Fsp3) is 0.133. The van der Waals surface area contributed by atoms with Gasteiger partial charge in [-0.3, -0.25) is 4.79 Å². The number of amides is 1. The molecule has 0 bridgehead atoms. The van der Waals surface area contributed by atoms with Crippen LogP contribution in [0.15, 0.2) is 36.4 Å². The van der Waals surface area contributed by atoms with E-state index in [4.69, 9.17) is 35.8 Å². The summed E-state index contributed by atoms with van der Waals surface area (Å²) in [6, 6.07) is 8.92. The summed E-state index contributed by atoms with van der Waals surface area (Å²) in [5.74, 6) is -1.50. The van der Waals surface area contributed by atoms with Crippen molar-refractivity contribution in [2.45, 2.75) is 12.5 Å². The lowest BCUT2D eigenvalue weighted by molar-refractivity contribution is -0.167. The van der Waals surface area contributed by atoms with Crippen LogP contribution in [0.25, 0.3) is 0 Å². The zero-order valence-electron chi connectivity index (χ0n) is 12.0. The maximum absolute atomic E-state index is 12.4. The van der Waals surface area contributed by atoms with Gasteiger partial charge in [-0.2, -0.15) is 13.2 Å². The van der Waals surface area contributed by atoms with E-state index in [0.717, 1.165) is 6.07 Å². The van der Waals surface area contributed by atoms with E-state index in [0.29, 0.717) is 10.8 Å². The minimum atomic E-state index is -5.02. The highest BCUT2D eigenvalue weighted by Crippen LogP contribution is 2.35. The van der Waals surface area contributed by atoms with Crippen molar-refractivity contribution in [3.8, 4) is 11.5 Å². The molecule has 2 aromatic carbocycles. The van der Waals surface area contributed by atoms with Gasteiger partial charge in [-0.25, -0.2) is 0 Å². The molecule has 124 valence electrons. The van der Waals surface area contributed by atoms with Gasteiger partial charge >= 0.3 is 12.1 Å². The molecule has 0 aliphatic carbocycles. The van der Waals surface area contributed by atoms with Gasteiger partial charge in [-0.15, -0.1) is 0 Å². The molecule has 0 aliphatic heterocycles. The van der Waals surface area contributed by atoms with Crippen LogP contribution in [0.1, 0.15) is 5.56 Å². The van der Waals surface area contributed by atoms with E-state index in [9.17, 15) is 18.0 Å². The molecule has 0 fully saturated rings. The fourth-order valence-electron chi connectivity index (χ4n) is 1.78. The molecule has 2 radical (unpaired) electrons. The number of rotatable bonds is 4. The molecule has 3 nitrogen and oxygen atoms in total. The Kier molecular flexibility index (Phi) is 5.67. The molecule has 0 heterocycles. The van der Waals surface area contributed by atoms with E-state index < -0.39 is 12.1 Å². The lowest BCUT2D eigenvalue weighted by atomic mass is 9.95. The summed E-state index contributed by atoms with van der Waals surface area (Å²) in [7, 11) is 5.52. The molecule has 1 amide bonds. The van der Waals surface area contributed by atoms with E-state index in [2.05, 4.69) is 0 Å². The molecular formula is C15H9BCl2F3NO2. The van der Waals surface area contributed by atoms with Crippen LogP contribution >= 0.6 is 23.2 Å². The van der Waals surface area contributed by atoms with Gasteiger partial charge in [0.25, 0.3) is 0 Å². The van der Waals surface area contributed by atoms with Crippen LogP contribution in [0.5, 0.6) is 11.5 Å². The Balaban J connectivity index is 2.29. The smallest absolute Gasteiger partial charge is 0.456 e.